The van der Waals surface area contributed by atoms with Gasteiger partial charge in [-0.25, -0.2) is 0 Å². The predicted molar refractivity (Wildman–Crippen MR) is 61.2 cm³/mol. The molecular formula is C10H19N3O4. The summed E-state index contributed by atoms with van der Waals surface area (Å²) in [5.74, 6) is -1.82. The van der Waals surface area contributed by atoms with E-state index in [0.29, 0.717) is 13.0 Å². The molecule has 0 saturated carbocycles. The number of nitrogens with zero attached hydrogens (tertiary/aromatic N) is 2. The quantitative estimate of drug-likeness (QED) is 0.582. The van der Waals surface area contributed by atoms with Gasteiger partial charge in [-0.15, -0.1) is 0 Å². The Balaban J connectivity index is 4.39. The van der Waals surface area contributed by atoms with Crippen molar-refractivity contribution >= 4 is 17.8 Å². The van der Waals surface area contributed by atoms with Crippen LogP contribution in [0.4, 0.5) is 0 Å². The van der Waals surface area contributed by atoms with Crippen molar-refractivity contribution in [1.82, 2.24) is 9.80 Å². The molecule has 0 fully saturated rings. The molecule has 0 atom stereocenters. The summed E-state index contributed by atoms with van der Waals surface area (Å²) in [6.45, 7) is 1.64. The second kappa shape index (κ2) is 7.61. The summed E-state index contributed by atoms with van der Waals surface area (Å²) in [7, 11) is 1.38. The minimum absolute atomic E-state index is 0.131. The van der Waals surface area contributed by atoms with Crippen molar-refractivity contribution in [2.24, 2.45) is 5.73 Å². The maximum atomic E-state index is 11.6. The van der Waals surface area contributed by atoms with Crippen LogP contribution in [0.5, 0.6) is 0 Å². The third-order valence-electron chi connectivity index (χ3n) is 2.15. The smallest absolute Gasteiger partial charge is 0.323 e. The molecule has 7 heteroatoms. The summed E-state index contributed by atoms with van der Waals surface area (Å²) in [5.41, 5.74) is 5.23. The zero-order valence-electron chi connectivity index (χ0n) is 10.2. The lowest BCUT2D eigenvalue weighted by Gasteiger charge is -2.23. The van der Waals surface area contributed by atoms with Gasteiger partial charge < -0.3 is 20.6 Å². The van der Waals surface area contributed by atoms with Crippen LogP contribution >= 0.6 is 0 Å². The van der Waals surface area contributed by atoms with Gasteiger partial charge in [0, 0.05) is 13.6 Å². The van der Waals surface area contributed by atoms with Crippen LogP contribution in [0.15, 0.2) is 0 Å². The molecule has 3 N–H and O–H groups in total. The molecule has 0 aromatic heterocycles. The van der Waals surface area contributed by atoms with Crippen molar-refractivity contribution in [1.29, 1.82) is 0 Å². The molecule has 98 valence electrons. The van der Waals surface area contributed by atoms with E-state index in [2.05, 4.69) is 0 Å². The summed E-state index contributed by atoms with van der Waals surface area (Å²) in [6.07, 6.45) is 0.710. The molecule has 0 aliphatic carbocycles. The number of amides is 2. The van der Waals surface area contributed by atoms with Crippen molar-refractivity contribution in [3.8, 4) is 0 Å². The predicted octanol–water partition coefficient (Wildman–Crippen LogP) is -1.27. The number of aliphatic carboxylic acids is 1. The van der Waals surface area contributed by atoms with E-state index in [1.165, 1.54) is 11.9 Å². The monoisotopic (exact) mass is 245 g/mol. The maximum Gasteiger partial charge on any atom is 0.323 e. The number of hydrogen-bond donors (Lipinski definition) is 2. The van der Waals surface area contributed by atoms with Crippen LogP contribution in [-0.4, -0.2) is 65.9 Å². The first-order chi connectivity index (χ1) is 7.92. The van der Waals surface area contributed by atoms with Crippen LogP contribution in [0.2, 0.25) is 0 Å². The van der Waals surface area contributed by atoms with E-state index in [9.17, 15) is 14.4 Å². The summed E-state index contributed by atoms with van der Waals surface area (Å²) in [6, 6.07) is 0. The average Bonchev–Trinajstić information content (AvgIpc) is 2.26. The molecule has 0 unspecified atom stereocenters. The molecular weight excluding hydrogens is 226 g/mol. The van der Waals surface area contributed by atoms with Crippen LogP contribution in [0.1, 0.15) is 13.3 Å². The highest BCUT2D eigenvalue weighted by molar-refractivity contribution is 5.87. The highest BCUT2D eigenvalue weighted by Crippen LogP contribution is 1.95. The minimum atomic E-state index is -1.09. The third-order valence-corrected chi connectivity index (χ3v) is 2.15. The summed E-state index contributed by atoms with van der Waals surface area (Å²) < 4.78 is 0. The number of hydrogen-bond acceptors (Lipinski definition) is 4. The first-order valence-corrected chi connectivity index (χ1v) is 5.36. The molecule has 0 bridgehead atoms. The fourth-order valence-electron chi connectivity index (χ4n) is 1.27. The van der Waals surface area contributed by atoms with Gasteiger partial charge in [-0.1, -0.05) is 6.92 Å². The number of carboxylic acids is 1. The van der Waals surface area contributed by atoms with Crippen LogP contribution in [0.25, 0.3) is 0 Å². The van der Waals surface area contributed by atoms with Gasteiger partial charge in [-0.2, -0.15) is 0 Å². The normalized spacial score (nSPS) is 9.82. The van der Waals surface area contributed by atoms with Crippen molar-refractivity contribution in [2.75, 3.05) is 33.2 Å². The Morgan fingerprint density at radius 3 is 2.18 bits per heavy atom. The Labute approximate surface area is 100 Å². The fraction of sp³-hybridized carbons (Fsp3) is 0.700. The number of nitrogens with two attached hydrogens (primary N) is 1. The zero-order chi connectivity index (χ0) is 13.4. The molecule has 17 heavy (non-hydrogen) atoms. The molecule has 0 aromatic carbocycles. The molecule has 0 radical (unpaired) electrons. The van der Waals surface area contributed by atoms with Crippen molar-refractivity contribution in [3.63, 3.8) is 0 Å². The van der Waals surface area contributed by atoms with Gasteiger partial charge in [0.15, 0.2) is 0 Å². The van der Waals surface area contributed by atoms with Crippen LogP contribution in [0.3, 0.4) is 0 Å². The van der Waals surface area contributed by atoms with E-state index in [-0.39, 0.29) is 25.5 Å². The standard InChI is InChI=1S/C10H19N3O4/c1-3-4-13(8(14)5-11)6-9(15)12(2)7-10(16)17/h3-7,11H2,1-2H3,(H,16,17). The Bertz CT molecular complexity index is 293. The largest absolute Gasteiger partial charge is 0.480 e. The lowest BCUT2D eigenvalue weighted by Crippen LogP contribution is -2.45. The second-order valence-corrected chi connectivity index (χ2v) is 3.66. The van der Waals surface area contributed by atoms with Crippen LogP contribution in [0, 0.1) is 0 Å². The highest BCUT2D eigenvalue weighted by Gasteiger charge is 2.18. The average molecular weight is 245 g/mol. The van der Waals surface area contributed by atoms with E-state index in [0.717, 1.165) is 4.90 Å². The van der Waals surface area contributed by atoms with E-state index < -0.39 is 11.9 Å². The first kappa shape index (κ1) is 15.4. The van der Waals surface area contributed by atoms with Gasteiger partial charge in [0.1, 0.15) is 6.54 Å². The van der Waals surface area contributed by atoms with E-state index in [1.807, 2.05) is 6.92 Å². The van der Waals surface area contributed by atoms with Gasteiger partial charge in [0.25, 0.3) is 0 Å². The Morgan fingerprint density at radius 1 is 1.18 bits per heavy atom. The van der Waals surface area contributed by atoms with Gasteiger partial charge in [0.05, 0.1) is 13.1 Å². The molecule has 0 heterocycles. The minimum Gasteiger partial charge on any atom is -0.480 e. The van der Waals surface area contributed by atoms with Crippen molar-refractivity contribution in [2.45, 2.75) is 13.3 Å². The Morgan fingerprint density at radius 2 is 1.76 bits per heavy atom. The molecule has 0 aliphatic heterocycles. The number of carbonyl (C=O) groups excluding carboxylic acids is 2. The molecule has 0 rings (SSSR count). The van der Waals surface area contributed by atoms with Crippen LogP contribution < -0.4 is 5.73 Å². The molecule has 0 spiro atoms. The summed E-state index contributed by atoms with van der Waals surface area (Å²) >= 11 is 0. The van der Waals surface area contributed by atoms with Gasteiger partial charge in [-0.3, -0.25) is 14.4 Å². The molecule has 0 aliphatic rings. The summed E-state index contributed by atoms with van der Waals surface area (Å²) in [5, 5.41) is 8.53. The molecule has 0 saturated heterocycles. The topological polar surface area (TPSA) is 104 Å². The maximum absolute atomic E-state index is 11.6. The van der Waals surface area contributed by atoms with E-state index in [1.54, 1.807) is 0 Å². The lowest BCUT2D eigenvalue weighted by atomic mass is 10.3. The summed E-state index contributed by atoms with van der Waals surface area (Å²) in [4.78, 5) is 35.8. The molecule has 2 amide bonds. The highest BCUT2D eigenvalue weighted by atomic mass is 16.4. The third kappa shape index (κ3) is 5.86. The number of carbonyl (C=O) groups is 3. The van der Waals surface area contributed by atoms with Gasteiger partial charge in [0.2, 0.25) is 11.8 Å². The first-order valence-electron chi connectivity index (χ1n) is 5.36. The lowest BCUT2D eigenvalue weighted by molar-refractivity contribution is -0.145. The Hall–Kier alpha value is -1.63. The van der Waals surface area contributed by atoms with Crippen molar-refractivity contribution < 1.29 is 19.5 Å². The molecule has 0 aromatic rings. The van der Waals surface area contributed by atoms with E-state index in [4.69, 9.17) is 10.8 Å². The van der Waals surface area contributed by atoms with Gasteiger partial charge in [-0.05, 0) is 6.42 Å². The number of carboxylic acid groups (broad SMARTS) is 1. The number of likely N-dealkylation sites (N-methyl/N-ethyl adjacent to an activating group) is 1. The zero-order valence-corrected chi connectivity index (χ0v) is 10.2. The van der Waals surface area contributed by atoms with Crippen LogP contribution in [-0.2, 0) is 14.4 Å². The second-order valence-electron chi connectivity index (χ2n) is 3.66. The Kier molecular flexibility index (Phi) is 6.88. The molecule has 7 nitrogen and oxygen atoms in total. The number of rotatable bonds is 7. The van der Waals surface area contributed by atoms with Gasteiger partial charge >= 0.3 is 5.97 Å². The fourth-order valence-corrected chi connectivity index (χ4v) is 1.27. The van der Waals surface area contributed by atoms with E-state index >= 15 is 0 Å². The SMILES string of the molecule is CCCN(CC(=O)N(C)CC(=O)O)C(=O)CN. The van der Waals surface area contributed by atoms with Crippen molar-refractivity contribution in [3.05, 3.63) is 0 Å².